The summed E-state index contributed by atoms with van der Waals surface area (Å²) in [4.78, 5) is 11.1. The van der Waals surface area contributed by atoms with Crippen LogP contribution in [0.15, 0.2) is 18.2 Å². The van der Waals surface area contributed by atoms with Gasteiger partial charge in [-0.2, -0.15) is 0 Å². The van der Waals surface area contributed by atoms with Crippen LogP contribution in [0, 0.1) is 5.82 Å². The zero-order valence-electron chi connectivity index (χ0n) is 9.38. The fourth-order valence-corrected chi connectivity index (χ4v) is 2.14. The largest absolute Gasteiger partial charge is 0.382 e. The minimum absolute atomic E-state index is 0.0886. The number of halogens is 1. The molecule has 3 nitrogen and oxygen atoms in total. The lowest BCUT2D eigenvalue weighted by Gasteiger charge is -2.31. The van der Waals surface area contributed by atoms with Crippen molar-refractivity contribution in [3.05, 3.63) is 29.6 Å². The molecule has 0 radical (unpaired) electrons. The van der Waals surface area contributed by atoms with Crippen LogP contribution in [0.4, 0.5) is 10.1 Å². The number of fused-ring (bicyclic) bond motifs is 1. The van der Waals surface area contributed by atoms with Crippen LogP contribution >= 0.6 is 0 Å². The van der Waals surface area contributed by atoms with E-state index in [-0.39, 0.29) is 23.8 Å². The maximum atomic E-state index is 13.2. The Labute approximate surface area is 94.0 Å². The molecule has 0 saturated heterocycles. The fraction of sp³-hybridized carbons (Fsp3) is 0.417. The van der Waals surface area contributed by atoms with Crippen molar-refractivity contribution in [3.8, 4) is 0 Å². The first kappa shape index (κ1) is 10.9. The van der Waals surface area contributed by atoms with Crippen LogP contribution in [-0.2, 0) is 4.79 Å². The highest BCUT2D eigenvalue weighted by molar-refractivity contribution is 5.74. The summed E-state index contributed by atoms with van der Waals surface area (Å²) in [6.07, 6.45) is 0.774. The molecule has 1 aliphatic rings. The third-order valence-electron chi connectivity index (χ3n) is 2.76. The van der Waals surface area contributed by atoms with E-state index in [9.17, 15) is 9.18 Å². The first-order valence-corrected chi connectivity index (χ1v) is 5.39. The molecule has 0 unspecified atom stereocenters. The van der Waals surface area contributed by atoms with E-state index in [2.05, 4.69) is 10.6 Å². The number of benzene rings is 1. The first-order valence-electron chi connectivity index (χ1n) is 5.39. The molecule has 2 N–H and O–H groups in total. The molecule has 0 spiro atoms. The highest BCUT2D eigenvalue weighted by atomic mass is 19.1. The van der Waals surface area contributed by atoms with Crippen LogP contribution in [0.3, 0.4) is 0 Å². The van der Waals surface area contributed by atoms with Gasteiger partial charge in [0.2, 0.25) is 5.91 Å². The molecule has 1 aromatic carbocycles. The van der Waals surface area contributed by atoms with Gasteiger partial charge < -0.3 is 10.6 Å². The summed E-state index contributed by atoms with van der Waals surface area (Å²) < 4.78 is 13.2. The van der Waals surface area contributed by atoms with Gasteiger partial charge in [-0.15, -0.1) is 0 Å². The Balaban J connectivity index is 2.35. The van der Waals surface area contributed by atoms with Crippen LogP contribution < -0.4 is 10.6 Å². The minimum atomic E-state index is -0.273. The Morgan fingerprint density at radius 1 is 1.56 bits per heavy atom. The highest BCUT2D eigenvalue weighted by Crippen LogP contribution is 2.32. The highest BCUT2D eigenvalue weighted by Gasteiger charge is 2.24. The summed E-state index contributed by atoms with van der Waals surface area (Å²) >= 11 is 0. The number of nitrogens with one attached hydrogen (secondary N) is 2. The normalized spacial score (nSPS) is 23.2. The third kappa shape index (κ3) is 2.15. The molecule has 2 atom stereocenters. The molecule has 1 amide bonds. The second kappa shape index (κ2) is 4.12. The summed E-state index contributed by atoms with van der Waals surface area (Å²) in [6, 6.07) is 4.80. The molecule has 0 bridgehead atoms. The number of amides is 1. The molecule has 0 fully saturated rings. The first-order chi connectivity index (χ1) is 7.56. The maximum Gasteiger partial charge on any atom is 0.217 e. The SMILES string of the molecule is CC(=O)N[C@H]1C[C@@H](C)Nc2ccc(F)cc21. The molecule has 0 aliphatic carbocycles. The molecule has 1 aliphatic heterocycles. The third-order valence-corrected chi connectivity index (χ3v) is 2.76. The Morgan fingerprint density at radius 3 is 3.00 bits per heavy atom. The van der Waals surface area contributed by atoms with Gasteiger partial charge in [-0.25, -0.2) is 4.39 Å². The average molecular weight is 222 g/mol. The molecule has 0 saturated carbocycles. The summed E-state index contributed by atoms with van der Waals surface area (Å²) in [7, 11) is 0. The molecule has 1 heterocycles. The van der Waals surface area contributed by atoms with Gasteiger partial charge in [0, 0.05) is 24.2 Å². The van der Waals surface area contributed by atoms with E-state index in [1.807, 2.05) is 6.92 Å². The van der Waals surface area contributed by atoms with Crippen LogP contribution in [-0.4, -0.2) is 11.9 Å². The van der Waals surface area contributed by atoms with Crippen molar-refractivity contribution in [2.45, 2.75) is 32.4 Å². The van der Waals surface area contributed by atoms with E-state index < -0.39 is 0 Å². The van der Waals surface area contributed by atoms with Crippen LogP contribution in [0.25, 0.3) is 0 Å². The zero-order chi connectivity index (χ0) is 11.7. The topological polar surface area (TPSA) is 41.1 Å². The molecule has 1 aromatic rings. The average Bonchev–Trinajstić information content (AvgIpc) is 2.18. The van der Waals surface area contributed by atoms with Gasteiger partial charge in [0.05, 0.1) is 6.04 Å². The van der Waals surface area contributed by atoms with Gasteiger partial charge in [0.15, 0.2) is 0 Å². The van der Waals surface area contributed by atoms with Gasteiger partial charge in [0.25, 0.3) is 0 Å². The molecule has 0 aromatic heterocycles. The number of carbonyl (C=O) groups is 1. The number of anilines is 1. The quantitative estimate of drug-likeness (QED) is 0.764. The monoisotopic (exact) mass is 222 g/mol. The standard InChI is InChI=1S/C12H15FN2O/c1-7-5-12(15-8(2)16)10-6-9(13)3-4-11(10)14-7/h3-4,6-7,12,14H,5H2,1-2H3,(H,15,16)/t7-,12+/m1/s1. The molecule has 4 heteroatoms. The van der Waals surface area contributed by atoms with Crippen LogP contribution in [0.1, 0.15) is 31.9 Å². The van der Waals surface area contributed by atoms with Crippen molar-refractivity contribution in [2.24, 2.45) is 0 Å². The van der Waals surface area contributed by atoms with Gasteiger partial charge in [-0.1, -0.05) is 0 Å². The molecule has 2 rings (SSSR count). The van der Waals surface area contributed by atoms with Gasteiger partial charge in [-0.3, -0.25) is 4.79 Å². The van der Waals surface area contributed by atoms with Gasteiger partial charge in [-0.05, 0) is 31.5 Å². The number of hydrogen-bond donors (Lipinski definition) is 2. The van der Waals surface area contributed by atoms with Crippen molar-refractivity contribution in [2.75, 3.05) is 5.32 Å². The Bertz CT molecular complexity index is 419. The Morgan fingerprint density at radius 2 is 2.31 bits per heavy atom. The van der Waals surface area contributed by atoms with Crippen molar-refractivity contribution in [3.63, 3.8) is 0 Å². The van der Waals surface area contributed by atoms with Crippen LogP contribution in [0.2, 0.25) is 0 Å². The van der Waals surface area contributed by atoms with E-state index in [0.29, 0.717) is 0 Å². The second-order valence-electron chi connectivity index (χ2n) is 4.27. The Kier molecular flexibility index (Phi) is 2.81. The Hall–Kier alpha value is -1.58. The number of hydrogen-bond acceptors (Lipinski definition) is 2. The lowest BCUT2D eigenvalue weighted by Crippen LogP contribution is -2.35. The van der Waals surface area contributed by atoms with E-state index in [1.54, 1.807) is 6.07 Å². The van der Waals surface area contributed by atoms with E-state index in [0.717, 1.165) is 17.7 Å². The van der Waals surface area contributed by atoms with Crippen molar-refractivity contribution in [1.29, 1.82) is 0 Å². The van der Waals surface area contributed by atoms with E-state index in [4.69, 9.17) is 0 Å². The molecular weight excluding hydrogens is 207 g/mol. The summed E-state index contributed by atoms with van der Waals surface area (Å²) in [5, 5.41) is 6.12. The smallest absolute Gasteiger partial charge is 0.217 e. The van der Waals surface area contributed by atoms with Crippen molar-refractivity contribution >= 4 is 11.6 Å². The molecular formula is C12H15FN2O. The fourth-order valence-electron chi connectivity index (χ4n) is 2.14. The van der Waals surface area contributed by atoms with E-state index in [1.165, 1.54) is 19.1 Å². The maximum absolute atomic E-state index is 13.2. The van der Waals surface area contributed by atoms with Crippen molar-refractivity contribution in [1.82, 2.24) is 5.32 Å². The van der Waals surface area contributed by atoms with Gasteiger partial charge >= 0.3 is 0 Å². The number of rotatable bonds is 1. The van der Waals surface area contributed by atoms with E-state index >= 15 is 0 Å². The molecule has 86 valence electrons. The number of carbonyl (C=O) groups excluding carboxylic acids is 1. The predicted octanol–water partition coefficient (Wildman–Crippen LogP) is 2.21. The predicted molar refractivity (Wildman–Crippen MR) is 60.7 cm³/mol. The summed E-state index contributed by atoms with van der Waals surface area (Å²) in [5.74, 6) is -0.361. The minimum Gasteiger partial charge on any atom is -0.382 e. The molecule has 16 heavy (non-hydrogen) atoms. The lowest BCUT2D eigenvalue weighted by atomic mass is 9.93. The lowest BCUT2D eigenvalue weighted by molar-refractivity contribution is -0.119. The van der Waals surface area contributed by atoms with Gasteiger partial charge in [0.1, 0.15) is 5.82 Å². The summed E-state index contributed by atoms with van der Waals surface area (Å²) in [5.41, 5.74) is 1.73. The van der Waals surface area contributed by atoms with Crippen LogP contribution in [0.5, 0.6) is 0 Å². The summed E-state index contributed by atoms with van der Waals surface area (Å²) in [6.45, 7) is 3.52. The zero-order valence-corrected chi connectivity index (χ0v) is 9.38. The second-order valence-corrected chi connectivity index (χ2v) is 4.27. The van der Waals surface area contributed by atoms with Crippen molar-refractivity contribution < 1.29 is 9.18 Å².